The largest absolute Gasteiger partial charge is 0.338 e. The van der Waals surface area contributed by atoms with Gasteiger partial charge in [0.1, 0.15) is 0 Å². The number of isocyanates is 2. The molecule has 0 aromatic heterocycles. The van der Waals surface area contributed by atoms with Crippen LogP contribution in [0.25, 0.3) is 0 Å². The van der Waals surface area contributed by atoms with Gasteiger partial charge in [-0.25, -0.2) is 24.4 Å². The van der Waals surface area contributed by atoms with E-state index in [1.165, 1.54) is 12.2 Å². The van der Waals surface area contributed by atoms with Crippen LogP contribution >= 0.6 is 0 Å². The van der Waals surface area contributed by atoms with E-state index in [0.717, 1.165) is 56.3 Å². The van der Waals surface area contributed by atoms with Gasteiger partial charge in [-0.1, -0.05) is 25.7 Å². The first kappa shape index (κ1) is 21.7. The molecule has 0 saturated heterocycles. The van der Waals surface area contributed by atoms with Crippen LogP contribution in [0.3, 0.4) is 0 Å². The van der Waals surface area contributed by atoms with Gasteiger partial charge in [0, 0.05) is 13.1 Å². The number of hydrogen-bond acceptors (Lipinski definition) is 6. The van der Waals surface area contributed by atoms with E-state index < -0.39 is 0 Å². The lowest BCUT2D eigenvalue weighted by Gasteiger charge is -2.16. The Bertz CT molecular complexity index is 443. The van der Waals surface area contributed by atoms with Gasteiger partial charge < -0.3 is 5.32 Å². The quantitative estimate of drug-likeness (QED) is 0.213. The Morgan fingerprint density at radius 3 is 1.96 bits per heavy atom. The van der Waals surface area contributed by atoms with Crippen molar-refractivity contribution in [3.05, 3.63) is 0 Å². The molecule has 0 aliphatic heterocycles. The second kappa shape index (κ2) is 17.1. The van der Waals surface area contributed by atoms with E-state index >= 15 is 0 Å². The van der Waals surface area contributed by atoms with E-state index in [0.29, 0.717) is 32.6 Å². The monoisotopic (exact) mass is 338 g/mol. The second-order valence-corrected chi connectivity index (χ2v) is 5.31. The zero-order chi connectivity index (χ0) is 17.9. The van der Waals surface area contributed by atoms with E-state index in [2.05, 4.69) is 15.3 Å². The SMILES string of the molecule is O=C=NCCCCCCNC(=O)N(C=O)CCCCCCN=C=O. The average Bonchev–Trinajstić information content (AvgIpc) is 2.59. The highest BCUT2D eigenvalue weighted by molar-refractivity contribution is 5.84. The summed E-state index contributed by atoms with van der Waals surface area (Å²) in [5.41, 5.74) is 0. The number of nitrogens with one attached hydrogen (secondary N) is 1. The van der Waals surface area contributed by atoms with Crippen LogP contribution in [0.2, 0.25) is 0 Å². The smallest absolute Gasteiger partial charge is 0.323 e. The third-order valence-corrected chi connectivity index (χ3v) is 3.41. The van der Waals surface area contributed by atoms with Gasteiger partial charge in [0.25, 0.3) is 0 Å². The summed E-state index contributed by atoms with van der Waals surface area (Å²) in [4.78, 5) is 50.6. The van der Waals surface area contributed by atoms with Crippen LogP contribution in [0.1, 0.15) is 51.4 Å². The first-order valence-corrected chi connectivity index (χ1v) is 8.33. The number of nitrogens with zero attached hydrogens (tertiary/aromatic N) is 3. The van der Waals surface area contributed by atoms with Gasteiger partial charge in [-0.15, -0.1) is 0 Å². The van der Waals surface area contributed by atoms with Crippen LogP contribution in [0.5, 0.6) is 0 Å². The van der Waals surface area contributed by atoms with Crippen molar-refractivity contribution >= 4 is 24.6 Å². The molecule has 8 nitrogen and oxygen atoms in total. The summed E-state index contributed by atoms with van der Waals surface area (Å²) in [5.74, 6) is 0. The molecule has 0 heterocycles. The molecule has 1 N–H and O–H groups in total. The molecule has 0 aromatic rings. The minimum Gasteiger partial charge on any atom is -0.338 e. The van der Waals surface area contributed by atoms with E-state index in [1.54, 1.807) is 0 Å². The van der Waals surface area contributed by atoms with Crippen molar-refractivity contribution in [2.45, 2.75) is 51.4 Å². The fourth-order valence-electron chi connectivity index (χ4n) is 2.09. The number of aliphatic imine (C=N–C) groups is 2. The molecule has 0 spiro atoms. The lowest BCUT2D eigenvalue weighted by atomic mass is 10.2. The minimum absolute atomic E-state index is 0.374. The molecule has 24 heavy (non-hydrogen) atoms. The maximum atomic E-state index is 11.8. The number of hydrogen-bond donors (Lipinski definition) is 1. The molecule has 0 aromatic carbocycles. The number of urea groups is 1. The Kier molecular flexibility index (Phi) is 15.4. The molecule has 0 saturated carbocycles. The third-order valence-electron chi connectivity index (χ3n) is 3.41. The van der Waals surface area contributed by atoms with Crippen molar-refractivity contribution in [3.8, 4) is 0 Å². The first-order valence-electron chi connectivity index (χ1n) is 8.33. The Morgan fingerprint density at radius 2 is 1.42 bits per heavy atom. The molecule has 8 heteroatoms. The van der Waals surface area contributed by atoms with E-state index in [1.807, 2.05) is 0 Å². The van der Waals surface area contributed by atoms with Crippen molar-refractivity contribution in [1.82, 2.24) is 10.2 Å². The lowest BCUT2D eigenvalue weighted by Crippen LogP contribution is -2.40. The molecule has 0 radical (unpaired) electrons. The molecule has 0 atom stereocenters. The zero-order valence-electron chi connectivity index (χ0n) is 14.0. The normalized spacial score (nSPS) is 9.50. The number of rotatable bonds is 15. The molecule has 134 valence electrons. The molecule has 0 fully saturated rings. The first-order chi connectivity index (χ1) is 11.8. The van der Waals surface area contributed by atoms with Crippen LogP contribution in [-0.4, -0.2) is 55.7 Å². The van der Waals surface area contributed by atoms with Crippen molar-refractivity contribution in [3.63, 3.8) is 0 Å². The maximum absolute atomic E-state index is 11.8. The van der Waals surface area contributed by atoms with Crippen molar-refractivity contribution in [2.75, 3.05) is 26.2 Å². The zero-order valence-corrected chi connectivity index (χ0v) is 14.0. The van der Waals surface area contributed by atoms with Crippen molar-refractivity contribution in [1.29, 1.82) is 0 Å². The molecular formula is C16H26N4O4. The van der Waals surface area contributed by atoms with Crippen LogP contribution in [0.4, 0.5) is 4.79 Å². The highest BCUT2D eigenvalue weighted by atomic mass is 16.2. The summed E-state index contributed by atoms with van der Waals surface area (Å²) >= 11 is 0. The molecule has 0 rings (SSSR count). The second-order valence-electron chi connectivity index (χ2n) is 5.31. The Labute approximate surface area is 142 Å². The summed E-state index contributed by atoms with van der Waals surface area (Å²) in [6, 6.07) is -0.374. The van der Waals surface area contributed by atoms with Crippen LogP contribution in [0, 0.1) is 0 Å². The van der Waals surface area contributed by atoms with Crippen molar-refractivity contribution in [2.24, 2.45) is 9.98 Å². The van der Waals surface area contributed by atoms with E-state index in [4.69, 9.17) is 0 Å². The molecule has 0 unspecified atom stereocenters. The number of amides is 3. The predicted octanol–water partition coefficient (Wildman–Crippen LogP) is 1.95. The Hall–Kier alpha value is -2.30. The minimum atomic E-state index is -0.374. The predicted molar refractivity (Wildman–Crippen MR) is 89.1 cm³/mol. The highest BCUT2D eigenvalue weighted by Crippen LogP contribution is 2.02. The summed E-state index contributed by atoms with van der Waals surface area (Å²) in [5, 5.41) is 2.72. The van der Waals surface area contributed by atoms with Crippen LogP contribution < -0.4 is 5.32 Å². The van der Waals surface area contributed by atoms with E-state index in [9.17, 15) is 19.2 Å². The fourth-order valence-corrected chi connectivity index (χ4v) is 2.09. The lowest BCUT2D eigenvalue weighted by molar-refractivity contribution is -0.115. The Balaban J connectivity index is 3.64. The van der Waals surface area contributed by atoms with Gasteiger partial charge in [0.2, 0.25) is 18.6 Å². The number of imide groups is 1. The van der Waals surface area contributed by atoms with Gasteiger partial charge in [0.05, 0.1) is 13.1 Å². The van der Waals surface area contributed by atoms with Crippen LogP contribution in [-0.2, 0) is 14.4 Å². The van der Waals surface area contributed by atoms with Crippen molar-refractivity contribution < 1.29 is 19.2 Å². The maximum Gasteiger partial charge on any atom is 0.323 e. The van der Waals surface area contributed by atoms with Gasteiger partial charge in [-0.3, -0.25) is 9.69 Å². The molecular weight excluding hydrogens is 312 g/mol. The number of unbranched alkanes of at least 4 members (excludes halogenated alkanes) is 6. The topological polar surface area (TPSA) is 108 Å². The third kappa shape index (κ3) is 13.4. The van der Waals surface area contributed by atoms with Gasteiger partial charge >= 0.3 is 6.03 Å². The van der Waals surface area contributed by atoms with Gasteiger partial charge in [0.15, 0.2) is 0 Å². The number of carbonyl (C=O) groups is 2. The summed E-state index contributed by atoms with van der Waals surface area (Å²) in [6.45, 7) is 1.87. The summed E-state index contributed by atoms with van der Waals surface area (Å²) < 4.78 is 0. The van der Waals surface area contributed by atoms with E-state index in [-0.39, 0.29) is 6.03 Å². The number of carbonyl (C=O) groups excluding carboxylic acids is 4. The van der Waals surface area contributed by atoms with Gasteiger partial charge in [-0.05, 0) is 25.7 Å². The Morgan fingerprint density at radius 1 is 0.875 bits per heavy atom. The fraction of sp³-hybridized carbons (Fsp3) is 0.750. The molecule has 0 aliphatic carbocycles. The molecule has 3 amide bonds. The standard InChI is InChI=1S/C16H26N4O4/c21-13-17-9-5-1-2-7-11-19-16(24)20(15-23)12-8-4-3-6-10-18-14-22/h15H,1-12H2,(H,19,24). The van der Waals surface area contributed by atoms with Crippen LogP contribution in [0.15, 0.2) is 9.98 Å². The average molecular weight is 338 g/mol. The summed E-state index contributed by atoms with van der Waals surface area (Å²) in [6.07, 6.45) is 10.4. The molecule has 0 bridgehead atoms. The highest BCUT2D eigenvalue weighted by Gasteiger charge is 2.10. The van der Waals surface area contributed by atoms with Gasteiger partial charge in [-0.2, -0.15) is 0 Å². The summed E-state index contributed by atoms with van der Waals surface area (Å²) in [7, 11) is 0. The molecule has 0 aliphatic rings.